The summed E-state index contributed by atoms with van der Waals surface area (Å²) in [6, 6.07) is 5.72. The molecule has 3 nitrogen and oxygen atoms in total. The molecule has 2 rings (SSSR count). The first-order valence-electron chi connectivity index (χ1n) is 5.55. The number of nitrogens with zero attached hydrogens (tertiary/aromatic N) is 1. The van der Waals surface area contributed by atoms with E-state index in [1.54, 1.807) is 12.4 Å². The summed E-state index contributed by atoms with van der Waals surface area (Å²) in [5.74, 6) is 0. The molecule has 90 valence electrons. The first-order chi connectivity index (χ1) is 7.46. The Morgan fingerprint density at radius 3 is 1.44 bits per heavy atom. The Kier molecular flexibility index (Phi) is 4.44. The lowest BCUT2D eigenvalue weighted by atomic mass is 9.69. The van der Waals surface area contributed by atoms with Crippen molar-refractivity contribution < 1.29 is 9.78 Å². The molecular weight excluding hydrogens is 202 g/mol. The first-order valence-corrected chi connectivity index (χ1v) is 5.55. The van der Waals surface area contributed by atoms with Crippen LogP contribution in [0.4, 0.5) is 0 Å². The van der Waals surface area contributed by atoms with Gasteiger partial charge in [0.05, 0.1) is 13.2 Å². The molecule has 2 heterocycles. The lowest BCUT2D eigenvalue weighted by Crippen LogP contribution is -2.44. The third-order valence-electron chi connectivity index (χ3n) is 3.32. The van der Waals surface area contributed by atoms with Crippen molar-refractivity contribution in [1.29, 1.82) is 0 Å². The van der Waals surface area contributed by atoms with E-state index < -0.39 is 0 Å². The zero-order valence-electron chi connectivity index (χ0n) is 10.6. The number of pyridine rings is 1. The Labute approximate surface area is 97.7 Å². The van der Waals surface area contributed by atoms with Gasteiger partial charge in [-0.1, -0.05) is 33.8 Å². The van der Waals surface area contributed by atoms with Crippen LogP contribution in [0.5, 0.6) is 0 Å². The van der Waals surface area contributed by atoms with E-state index in [1.807, 2.05) is 18.2 Å². The number of rotatable bonds is 0. The van der Waals surface area contributed by atoms with Gasteiger partial charge in [-0.05, 0) is 23.0 Å². The standard InChI is InChI=1S/C8H16O2.C5H5N/c1-7(2)5-9-10-6-8(7,3)4;1-2-4-6-5-3-1/h5-6H2,1-4H3;1-5H. The van der Waals surface area contributed by atoms with Crippen molar-refractivity contribution in [3.8, 4) is 0 Å². The summed E-state index contributed by atoms with van der Waals surface area (Å²) in [4.78, 5) is 13.6. The molecule has 0 aliphatic carbocycles. The van der Waals surface area contributed by atoms with Gasteiger partial charge in [0.15, 0.2) is 0 Å². The molecule has 0 amide bonds. The zero-order chi connectivity index (χ0) is 12.1. The normalized spacial score (nSPS) is 21.8. The van der Waals surface area contributed by atoms with E-state index in [-0.39, 0.29) is 10.8 Å². The van der Waals surface area contributed by atoms with Crippen LogP contribution in [0, 0.1) is 10.8 Å². The van der Waals surface area contributed by atoms with Gasteiger partial charge in [-0.2, -0.15) is 0 Å². The zero-order valence-corrected chi connectivity index (χ0v) is 10.6. The summed E-state index contributed by atoms with van der Waals surface area (Å²) in [7, 11) is 0. The summed E-state index contributed by atoms with van der Waals surface area (Å²) in [5, 5.41) is 0. The molecule has 0 aromatic carbocycles. The van der Waals surface area contributed by atoms with Crippen molar-refractivity contribution in [3.63, 3.8) is 0 Å². The fraction of sp³-hybridized carbons (Fsp3) is 0.615. The predicted molar refractivity (Wildman–Crippen MR) is 63.7 cm³/mol. The van der Waals surface area contributed by atoms with E-state index in [1.165, 1.54) is 0 Å². The smallest absolute Gasteiger partial charge is 0.0879 e. The van der Waals surface area contributed by atoms with Crippen molar-refractivity contribution in [2.75, 3.05) is 13.2 Å². The Morgan fingerprint density at radius 2 is 1.25 bits per heavy atom. The Bertz CT molecular complexity index is 253. The van der Waals surface area contributed by atoms with E-state index in [9.17, 15) is 0 Å². The summed E-state index contributed by atoms with van der Waals surface area (Å²) in [5.41, 5.74) is 0.455. The van der Waals surface area contributed by atoms with Crippen LogP contribution in [0.3, 0.4) is 0 Å². The topological polar surface area (TPSA) is 31.4 Å². The maximum Gasteiger partial charge on any atom is 0.0879 e. The van der Waals surface area contributed by atoms with E-state index in [4.69, 9.17) is 9.78 Å². The minimum atomic E-state index is 0.227. The Hall–Kier alpha value is -0.930. The maximum absolute atomic E-state index is 4.92. The number of aromatic nitrogens is 1. The van der Waals surface area contributed by atoms with Gasteiger partial charge in [-0.25, -0.2) is 9.78 Å². The van der Waals surface area contributed by atoms with Gasteiger partial charge in [0, 0.05) is 12.4 Å². The van der Waals surface area contributed by atoms with Crippen molar-refractivity contribution in [3.05, 3.63) is 30.6 Å². The van der Waals surface area contributed by atoms with Crippen LogP contribution < -0.4 is 0 Å². The highest BCUT2D eigenvalue weighted by molar-refractivity contribution is 4.88. The van der Waals surface area contributed by atoms with E-state index >= 15 is 0 Å². The van der Waals surface area contributed by atoms with Crippen LogP contribution in [-0.2, 0) is 9.78 Å². The summed E-state index contributed by atoms with van der Waals surface area (Å²) in [6.45, 7) is 10.2. The van der Waals surface area contributed by atoms with E-state index in [2.05, 4.69) is 32.7 Å². The minimum Gasteiger partial charge on any atom is -0.265 e. The molecule has 1 aromatic rings. The predicted octanol–water partition coefficient (Wildman–Crippen LogP) is 3.08. The molecule has 0 N–H and O–H groups in total. The Morgan fingerprint density at radius 1 is 0.812 bits per heavy atom. The van der Waals surface area contributed by atoms with Crippen LogP contribution in [0.2, 0.25) is 0 Å². The van der Waals surface area contributed by atoms with E-state index in [0.29, 0.717) is 13.2 Å². The van der Waals surface area contributed by atoms with Crippen molar-refractivity contribution in [2.45, 2.75) is 27.7 Å². The lowest BCUT2D eigenvalue weighted by molar-refractivity contribution is -0.366. The van der Waals surface area contributed by atoms with Crippen LogP contribution in [0.15, 0.2) is 30.6 Å². The second-order valence-corrected chi connectivity index (χ2v) is 5.32. The highest BCUT2D eigenvalue weighted by atomic mass is 17.2. The van der Waals surface area contributed by atoms with Crippen LogP contribution in [-0.4, -0.2) is 18.2 Å². The summed E-state index contributed by atoms with van der Waals surface area (Å²) in [6.07, 6.45) is 3.50. The third-order valence-corrected chi connectivity index (χ3v) is 3.32. The molecule has 1 aromatic heterocycles. The second-order valence-electron chi connectivity index (χ2n) is 5.32. The van der Waals surface area contributed by atoms with Gasteiger partial charge in [0.2, 0.25) is 0 Å². The van der Waals surface area contributed by atoms with Gasteiger partial charge in [0.25, 0.3) is 0 Å². The largest absolute Gasteiger partial charge is 0.265 e. The molecule has 0 bridgehead atoms. The fourth-order valence-corrected chi connectivity index (χ4v) is 1.08. The molecule has 1 saturated heterocycles. The highest BCUT2D eigenvalue weighted by Gasteiger charge is 2.41. The summed E-state index contributed by atoms with van der Waals surface area (Å²) >= 11 is 0. The molecule has 16 heavy (non-hydrogen) atoms. The highest BCUT2D eigenvalue weighted by Crippen LogP contribution is 2.41. The molecule has 3 heteroatoms. The maximum atomic E-state index is 4.92. The molecule has 1 fully saturated rings. The van der Waals surface area contributed by atoms with Crippen molar-refractivity contribution in [1.82, 2.24) is 4.98 Å². The average Bonchev–Trinajstić information content (AvgIpc) is 2.26. The van der Waals surface area contributed by atoms with Gasteiger partial charge in [0.1, 0.15) is 0 Å². The van der Waals surface area contributed by atoms with Gasteiger partial charge < -0.3 is 0 Å². The monoisotopic (exact) mass is 223 g/mol. The number of hydrogen-bond donors (Lipinski definition) is 0. The van der Waals surface area contributed by atoms with Gasteiger partial charge in [-0.15, -0.1) is 0 Å². The van der Waals surface area contributed by atoms with Gasteiger partial charge >= 0.3 is 0 Å². The third kappa shape index (κ3) is 3.58. The van der Waals surface area contributed by atoms with Crippen LogP contribution in [0.1, 0.15) is 27.7 Å². The molecule has 0 unspecified atom stereocenters. The average molecular weight is 223 g/mol. The quantitative estimate of drug-likeness (QED) is 0.633. The van der Waals surface area contributed by atoms with Crippen molar-refractivity contribution in [2.24, 2.45) is 10.8 Å². The minimum absolute atomic E-state index is 0.227. The van der Waals surface area contributed by atoms with E-state index in [0.717, 1.165) is 0 Å². The number of hydrogen-bond acceptors (Lipinski definition) is 3. The SMILES string of the molecule is CC1(C)COOCC1(C)C.c1ccncc1. The molecule has 0 radical (unpaired) electrons. The van der Waals surface area contributed by atoms with Crippen LogP contribution in [0.25, 0.3) is 0 Å². The van der Waals surface area contributed by atoms with Gasteiger partial charge in [-0.3, -0.25) is 4.98 Å². The Balaban J connectivity index is 0.000000181. The molecular formula is C13H21NO2. The van der Waals surface area contributed by atoms with Crippen LogP contribution >= 0.6 is 0 Å². The lowest BCUT2D eigenvalue weighted by Gasteiger charge is -2.43. The molecule has 0 spiro atoms. The second kappa shape index (κ2) is 5.41. The molecule has 1 aliphatic heterocycles. The molecule has 0 atom stereocenters. The molecule has 0 saturated carbocycles. The molecule has 1 aliphatic rings. The fourth-order valence-electron chi connectivity index (χ4n) is 1.08. The van der Waals surface area contributed by atoms with Crippen molar-refractivity contribution >= 4 is 0 Å². The first kappa shape index (κ1) is 13.1. The summed E-state index contributed by atoms with van der Waals surface area (Å²) < 4.78 is 0.